The van der Waals surface area contributed by atoms with Crippen molar-refractivity contribution in [3.05, 3.63) is 55.4 Å². The summed E-state index contributed by atoms with van der Waals surface area (Å²) in [5, 5.41) is 1.11. The van der Waals surface area contributed by atoms with Crippen LogP contribution in [0.4, 0.5) is 0 Å². The lowest BCUT2D eigenvalue weighted by Gasteiger charge is -2.08. The highest BCUT2D eigenvalue weighted by atomic mass is 35.5. The van der Waals surface area contributed by atoms with Crippen molar-refractivity contribution in [3.63, 3.8) is 0 Å². The van der Waals surface area contributed by atoms with Gasteiger partial charge in [-0.25, -0.2) is 0 Å². The zero-order valence-corrected chi connectivity index (χ0v) is 11.1. The lowest BCUT2D eigenvalue weighted by molar-refractivity contribution is 1.15. The highest BCUT2D eigenvalue weighted by Gasteiger charge is 2.09. The van der Waals surface area contributed by atoms with Gasteiger partial charge < -0.3 is 4.98 Å². The summed E-state index contributed by atoms with van der Waals surface area (Å²) in [4.78, 5) is 13.8. The molecular formula is C12H8Cl3NO. The molecule has 2 rings (SSSR count). The van der Waals surface area contributed by atoms with E-state index in [1.54, 1.807) is 18.2 Å². The Morgan fingerprint density at radius 2 is 1.65 bits per heavy atom. The first kappa shape index (κ1) is 12.5. The van der Waals surface area contributed by atoms with Gasteiger partial charge in [-0.3, -0.25) is 4.79 Å². The van der Waals surface area contributed by atoms with Gasteiger partial charge in [0.1, 0.15) is 0 Å². The van der Waals surface area contributed by atoms with Crippen LogP contribution in [0.3, 0.4) is 0 Å². The Morgan fingerprint density at radius 1 is 1.06 bits per heavy atom. The molecule has 2 nitrogen and oxygen atoms in total. The van der Waals surface area contributed by atoms with Gasteiger partial charge in [0.15, 0.2) is 0 Å². The SMILES string of the molecule is Cc1[nH]c(=O)ccc1-c1cc(Cl)c(Cl)c(Cl)c1. The van der Waals surface area contributed by atoms with Crippen LogP contribution in [-0.4, -0.2) is 4.98 Å². The highest BCUT2D eigenvalue weighted by molar-refractivity contribution is 6.48. The Balaban J connectivity index is 2.65. The average Bonchev–Trinajstić information content (AvgIpc) is 2.25. The standard InChI is InChI=1S/C12H8Cl3NO/c1-6-8(2-3-11(17)16-6)7-4-9(13)12(15)10(14)5-7/h2-5H,1H3,(H,16,17). The molecule has 0 radical (unpaired) electrons. The van der Waals surface area contributed by atoms with Crippen LogP contribution in [0, 0.1) is 6.92 Å². The molecule has 0 aliphatic rings. The molecule has 0 spiro atoms. The van der Waals surface area contributed by atoms with Crippen LogP contribution < -0.4 is 5.56 Å². The molecule has 0 fully saturated rings. The van der Waals surface area contributed by atoms with E-state index >= 15 is 0 Å². The normalized spacial score (nSPS) is 10.6. The molecule has 1 heterocycles. The number of aromatic nitrogens is 1. The van der Waals surface area contributed by atoms with Gasteiger partial charge in [-0.05, 0) is 30.7 Å². The van der Waals surface area contributed by atoms with E-state index in [1.807, 2.05) is 6.92 Å². The minimum absolute atomic E-state index is 0.141. The quantitative estimate of drug-likeness (QED) is 0.779. The number of aryl methyl sites for hydroxylation is 1. The number of halogens is 3. The molecule has 0 amide bonds. The van der Waals surface area contributed by atoms with Crippen LogP contribution in [0.1, 0.15) is 5.69 Å². The predicted octanol–water partition coefficient (Wildman–Crippen LogP) is 4.31. The lowest BCUT2D eigenvalue weighted by Crippen LogP contribution is -2.05. The first-order valence-corrected chi connectivity index (χ1v) is 5.97. The molecule has 0 atom stereocenters. The van der Waals surface area contributed by atoms with Crippen molar-refractivity contribution < 1.29 is 0 Å². The number of hydrogen-bond donors (Lipinski definition) is 1. The number of aromatic amines is 1. The third-order valence-corrected chi connectivity index (χ3v) is 3.61. The Labute approximate surface area is 113 Å². The van der Waals surface area contributed by atoms with E-state index in [4.69, 9.17) is 34.8 Å². The summed E-state index contributed by atoms with van der Waals surface area (Å²) in [6.45, 7) is 1.81. The Hall–Kier alpha value is -0.960. The molecule has 5 heteroatoms. The maximum Gasteiger partial charge on any atom is 0.248 e. The molecule has 0 aliphatic heterocycles. The molecule has 17 heavy (non-hydrogen) atoms. The molecule has 1 N–H and O–H groups in total. The smallest absolute Gasteiger partial charge is 0.248 e. The van der Waals surface area contributed by atoms with Crippen molar-refractivity contribution in [2.75, 3.05) is 0 Å². The summed E-state index contributed by atoms with van der Waals surface area (Å²) in [5.74, 6) is 0. The molecule has 88 valence electrons. The van der Waals surface area contributed by atoms with Crippen LogP contribution in [0.5, 0.6) is 0 Å². The van der Waals surface area contributed by atoms with Crippen LogP contribution in [0.25, 0.3) is 11.1 Å². The van der Waals surface area contributed by atoms with Gasteiger partial charge in [-0.2, -0.15) is 0 Å². The monoisotopic (exact) mass is 287 g/mol. The summed E-state index contributed by atoms with van der Waals surface area (Å²) in [5.41, 5.74) is 2.30. The fraction of sp³-hybridized carbons (Fsp3) is 0.0833. The van der Waals surface area contributed by atoms with Crippen molar-refractivity contribution in [2.24, 2.45) is 0 Å². The third-order valence-electron chi connectivity index (χ3n) is 2.41. The van der Waals surface area contributed by atoms with Crippen molar-refractivity contribution >= 4 is 34.8 Å². The Kier molecular flexibility index (Phi) is 3.48. The molecule has 0 aliphatic carbocycles. The van der Waals surface area contributed by atoms with Gasteiger partial charge in [0, 0.05) is 17.3 Å². The number of benzene rings is 1. The molecule has 1 aromatic heterocycles. The fourth-order valence-corrected chi connectivity index (χ4v) is 2.20. The second-order valence-corrected chi connectivity index (χ2v) is 4.81. The minimum atomic E-state index is -0.141. The van der Waals surface area contributed by atoms with Gasteiger partial charge in [0.25, 0.3) is 0 Å². The Morgan fingerprint density at radius 3 is 2.18 bits per heavy atom. The fourth-order valence-electron chi connectivity index (χ4n) is 1.60. The Bertz CT molecular complexity index is 611. The van der Waals surface area contributed by atoms with E-state index in [2.05, 4.69) is 4.98 Å². The zero-order chi connectivity index (χ0) is 12.6. The second kappa shape index (κ2) is 4.73. The van der Waals surface area contributed by atoms with E-state index in [1.165, 1.54) is 6.07 Å². The molecule has 0 saturated heterocycles. The number of rotatable bonds is 1. The first-order chi connectivity index (χ1) is 7.99. The third kappa shape index (κ3) is 2.49. The number of nitrogens with one attached hydrogen (secondary N) is 1. The van der Waals surface area contributed by atoms with E-state index in [0.29, 0.717) is 15.1 Å². The van der Waals surface area contributed by atoms with E-state index in [0.717, 1.165) is 16.8 Å². The van der Waals surface area contributed by atoms with E-state index in [-0.39, 0.29) is 5.56 Å². The van der Waals surface area contributed by atoms with Crippen LogP contribution >= 0.6 is 34.8 Å². The van der Waals surface area contributed by atoms with Crippen molar-refractivity contribution in [1.29, 1.82) is 0 Å². The summed E-state index contributed by atoms with van der Waals surface area (Å²) < 4.78 is 0. The highest BCUT2D eigenvalue weighted by Crippen LogP contribution is 2.35. The largest absolute Gasteiger partial charge is 0.326 e. The molecule has 0 unspecified atom stereocenters. The second-order valence-electron chi connectivity index (χ2n) is 3.62. The maximum absolute atomic E-state index is 11.1. The van der Waals surface area contributed by atoms with E-state index in [9.17, 15) is 4.79 Å². The topological polar surface area (TPSA) is 32.9 Å². The van der Waals surface area contributed by atoms with Crippen LogP contribution in [0.2, 0.25) is 15.1 Å². The first-order valence-electron chi connectivity index (χ1n) is 4.84. The maximum atomic E-state index is 11.1. The van der Waals surface area contributed by atoms with Crippen LogP contribution in [0.15, 0.2) is 29.1 Å². The summed E-state index contributed by atoms with van der Waals surface area (Å²) in [7, 11) is 0. The lowest BCUT2D eigenvalue weighted by atomic mass is 10.0. The zero-order valence-electron chi connectivity index (χ0n) is 8.85. The summed E-state index contributed by atoms with van der Waals surface area (Å²) in [6, 6.07) is 6.62. The van der Waals surface area contributed by atoms with Crippen molar-refractivity contribution in [1.82, 2.24) is 4.98 Å². The summed E-state index contributed by atoms with van der Waals surface area (Å²) >= 11 is 17.8. The molecule has 0 saturated carbocycles. The molecule has 1 aromatic carbocycles. The van der Waals surface area contributed by atoms with Crippen molar-refractivity contribution in [3.8, 4) is 11.1 Å². The van der Waals surface area contributed by atoms with Gasteiger partial charge >= 0.3 is 0 Å². The molecule has 0 bridgehead atoms. The molecule has 2 aromatic rings. The number of H-pyrrole nitrogens is 1. The van der Waals surface area contributed by atoms with Gasteiger partial charge in [-0.1, -0.05) is 34.8 Å². The van der Waals surface area contributed by atoms with Gasteiger partial charge in [-0.15, -0.1) is 0 Å². The number of hydrogen-bond acceptors (Lipinski definition) is 1. The minimum Gasteiger partial charge on any atom is -0.326 e. The van der Waals surface area contributed by atoms with Gasteiger partial charge in [0.05, 0.1) is 15.1 Å². The van der Waals surface area contributed by atoms with E-state index < -0.39 is 0 Å². The molecular weight excluding hydrogens is 280 g/mol. The van der Waals surface area contributed by atoms with Crippen LogP contribution in [-0.2, 0) is 0 Å². The van der Waals surface area contributed by atoms with Gasteiger partial charge in [0.2, 0.25) is 5.56 Å². The van der Waals surface area contributed by atoms with Crippen molar-refractivity contribution in [2.45, 2.75) is 6.92 Å². The summed E-state index contributed by atoms with van der Waals surface area (Å²) in [6.07, 6.45) is 0. The predicted molar refractivity (Wildman–Crippen MR) is 72.3 cm³/mol. The average molecular weight is 289 g/mol. The number of pyridine rings is 1.